The normalized spacial score (nSPS) is 11.6. The molecule has 0 aliphatic carbocycles. The second-order valence-corrected chi connectivity index (χ2v) is 12.4. The smallest absolute Gasteiger partial charge is 0.146 e. The minimum atomic E-state index is 0.319. The van der Waals surface area contributed by atoms with Crippen molar-refractivity contribution in [3.05, 3.63) is 47.5 Å². The lowest BCUT2D eigenvalue weighted by molar-refractivity contribution is 0.458. The van der Waals surface area contributed by atoms with Crippen molar-refractivity contribution in [3.63, 3.8) is 0 Å². The highest BCUT2D eigenvalue weighted by atomic mass is 16.3. The Bertz CT molecular complexity index is 1060. The van der Waals surface area contributed by atoms with E-state index in [-0.39, 0.29) is 0 Å². The molecule has 1 heterocycles. The van der Waals surface area contributed by atoms with Gasteiger partial charge < -0.3 is 5.11 Å². The molecule has 1 aromatic heterocycles. The first kappa shape index (κ1) is 33.1. The molecule has 0 unspecified atom stereocenters. The SMILES string of the molecule is CCCCCCCCCCCCCCCCCCCCCCCCc1cc(C)cc(-n2nc3ccccc3n2)c1O. The van der Waals surface area contributed by atoms with Crippen LogP contribution in [0, 0.1) is 6.92 Å². The number of aromatic hydroxyl groups is 1. The number of hydrogen-bond acceptors (Lipinski definition) is 3. The van der Waals surface area contributed by atoms with Crippen molar-refractivity contribution in [3.8, 4) is 11.4 Å². The highest BCUT2D eigenvalue weighted by Gasteiger charge is 2.13. The van der Waals surface area contributed by atoms with E-state index in [1.807, 2.05) is 30.3 Å². The Labute approximate surface area is 251 Å². The first-order valence-corrected chi connectivity index (χ1v) is 17.3. The molecule has 3 rings (SSSR count). The topological polar surface area (TPSA) is 50.9 Å². The minimum absolute atomic E-state index is 0.319. The van der Waals surface area contributed by atoms with Gasteiger partial charge in [-0.15, -0.1) is 15.0 Å². The van der Waals surface area contributed by atoms with Crippen molar-refractivity contribution in [2.45, 2.75) is 162 Å². The van der Waals surface area contributed by atoms with Crippen LogP contribution in [-0.4, -0.2) is 20.1 Å². The molecule has 41 heavy (non-hydrogen) atoms. The zero-order valence-electron chi connectivity index (χ0n) is 26.5. The molecule has 0 spiro atoms. The second-order valence-electron chi connectivity index (χ2n) is 12.4. The molecule has 2 aromatic carbocycles. The van der Waals surface area contributed by atoms with Crippen molar-refractivity contribution in [2.24, 2.45) is 0 Å². The highest BCUT2D eigenvalue weighted by Crippen LogP contribution is 2.29. The fourth-order valence-electron chi connectivity index (χ4n) is 6.07. The van der Waals surface area contributed by atoms with Gasteiger partial charge in [-0.3, -0.25) is 0 Å². The first-order chi connectivity index (χ1) is 20.2. The Hall–Kier alpha value is -2.36. The molecule has 0 saturated heterocycles. The van der Waals surface area contributed by atoms with E-state index in [4.69, 9.17) is 0 Å². The molecule has 0 aliphatic rings. The number of nitrogens with zero attached hydrogens (tertiary/aromatic N) is 3. The second kappa shape index (κ2) is 20.5. The van der Waals surface area contributed by atoms with E-state index >= 15 is 0 Å². The predicted molar refractivity (Wildman–Crippen MR) is 176 cm³/mol. The molecule has 0 bridgehead atoms. The Morgan fingerprint density at radius 2 is 0.951 bits per heavy atom. The lowest BCUT2D eigenvalue weighted by Gasteiger charge is -2.11. The Balaban J connectivity index is 1.13. The molecule has 4 heteroatoms. The molecule has 0 saturated carbocycles. The van der Waals surface area contributed by atoms with Crippen molar-refractivity contribution >= 4 is 11.0 Å². The van der Waals surface area contributed by atoms with Gasteiger partial charge in [-0.25, -0.2) is 0 Å². The predicted octanol–water partition coefficient (Wildman–Crippen LogP) is 11.6. The summed E-state index contributed by atoms with van der Waals surface area (Å²) in [5.41, 5.74) is 4.50. The van der Waals surface area contributed by atoms with E-state index in [0.29, 0.717) is 11.4 Å². The van der Waals surface area contributed by atoms with Gasteiger partial charge in [0.1, 0.15) is 22.5 Å². The van der Waals surface area contributed by atoms with Crippen molar-refractivity contribution in [1.29, 1.82) is 0 Å². The monoisotopic (exact) mass is 561 g/mol. The van der Waals surface area contributed by atoms with E-state index in [0.717, 1.165) is 35.0 Å². The van der Waals surface area contributed by atoms with E-state index in [1.54, 1.807) is 4.80 Å². The lowest BCUT2D eigenvalue weighted by atomic mass is 10.0. The van der Waals surface area contributed by atoms with Crippen molar-refractivity contribution in [2.75, 3.05) is 0 Å². The number of fused-ring (bicyclic) bond motifs is 1. The molecule has 0 fully saturated rings. The first-order valence-electron chi connectivity index (χ1n) is 17.3. The molecule has 0 amide bonds. The van der Waals surface area contributed by atoms with E-state index in [2.05, 4.69) is 30.1 Å². The largest absolute Gasteiger partial charge is 0.505 e. The third kappa shape index (κ3) is 13.0. The van der Waals surface area contributed by atoms with E-state index < -0.39 is 0 Å². The summed E-state index contributed by atoms with van der Waals surface area (Å²) < 4.78 is 0. The number of benzene rings is 2. The lowest BCUT2D eigenvalue weighted by Crippen LogP contribution is -2.02. The van der Waals surface area contributed by atoms with Gasteiger partial charge in [0.2, 0.25) is 0 Å². The number of aromatic nitrogens is 3. The van der Waals surface area contributed by atoms with Crippen LogP contribution in [0.1, 0.15) is 159 Å². The Morgan fingerprint density at radius 3 is 1.37 bits per heavy atom. The molecule has 0 radical (unpaired) electrons. The van der Waals surface area contributed by atoms with Gasteiger partial charge in [0.25, 0.3) is 0 Å². The average Bonchev–Trinajstić information content (AvgIpc) is 3.41. The molecule has 4 nitrogen and oxygen atoms in total. The minimum Gasteiger partial charge on any atom is -0.505 e. The van der Waals surface area contributed by atoms with Gasteiger partial charge in [-0.2, -0.15) is 0 Å². The van der Waals surface area contributed by atoms with Crippen molar-refractivity contribution < 1.29 is 5.11 Å². The van der Waals surface area contributed by atoms with Crippen LogP contribution in [0.5, 0.6) is 5.75 Å². The van der Waals surface area contributed by atoms with E-state index in [9.17, 15) is 5.11 Å². The van der Waals surface area contributed by atoms with Gasteiger partial charge in [0.15, 0.2) is 0 Å². The van der Waals surface area contributed by atoms with Gasteiger partial charge >= 0.3 is 0 Å². The number of aryl methyl sites for hydroxylation is 2. The van der Waals surface area contributed by atoms with Crippen LogP contribution in [0.4, 0.5) is 0 Å². The summed E-state index contributed by atoms with van der Waals surface area (Å²) in [6.07, 6.45) is 31.7. The average molecular weight is 562 g/mol. The zero-order chi connectivity index (χ0) is 29.0. The maximum Gasteiger partial charge on any atom is 0.146 e. The number of phenols is 1. The molecular weight excluding hydrogens is 502 g/mol. The Kier molecular flexibility index (Phi) is 16.6. The molecule has 3 aromatic rings. The molecule has 0 aliphatic heterocycles. The van der Waals surface area contributed by atoms with Crippen LogP contribution in [0.3, 0.4) is 0 Å². The molecule has 0 atom stereocenters. The third-order valence-electron chi connectivity index (χ3n) is 8.61. The summed E-state index contributed by atoms with van der Waals surface area (Å²) in [5, 5.41) is 20.1. The highest BCUT2D eigenvalue weighted by molar-refractivity contribution is 5.73. The van der Waals surface area contributed by atoms with Gasteiger partial charge in [-0.1, -0.05) is 160 Å². The summed E-state index contributed by atoms with van der Waals surface area (Å²) in [7, 11) is 0. The zero-order valence-corrected chi connectivity index (χ0v) is 26.5. The van der Waals surface area contributed by atoms with Crippen LogP contribution in [0.25, 0.3) is 16.7 Å². The van der Waals surface area contributed by atoms with Gasteiger partial charge in [0, 0.05) is 0 Å². The van der Waals surface area contributed by atoms with Crippen LogP contribution in [-0.2, 0) is 6.42 Å². The van der Waals surface area contributed by atoms with Crippen LogP contribution >= 0.6 is 0 Å². The summed E-state index contributed by atoms with van der Waals surface area (Å²) in [4.78, 5) is 1.58. The van der Waals surface area contributed by atoms with Crippen LogP contribution in [0.15, 0.2) is 36.4 Å². The van der Waals surface area contributed by atoms with Gasteiger partial charge in [0.05, 0.1) is 0 Å². The molecule has 228 valence electrons. The van der Waals surface area contributed by atoms with E-state index in [1.165, 1.54) is 135 Å². The Morgan fingerprint density at radius 1 is 0.561 bits per heavy atom. The number of unbranched alkanes of at least 4 members (excludes halogenated alkanes) is 21. The summed E-state index contributed by atoms with van der Waals surface area (Å²) >= 11 is 0. The summed E-state index contributed by atoms with van der Waals surface area (Å²) in [6.45, 7) is 4.37. The third-order valence-corrected chi connectivity index (χ3v) is 8.61. The fourth-order valence-corrected chi connectivity index (χ4v) is 6.07. The molecule has 1 N–H and O–H groups in total. The summed E-state index contributed by atoms with van der Waals surface area (Å²) in [6, 6.07) is 11.9. The summed E-state index contributed by atoms with van der Waals surface area (Å²) in [5.74, 6) is 0.319. The quantitative estimate of drug-likeness (QED) is 0.111. The fraction of sp³-hybridized carbons (Fsp3) is 0.676. The number of rotatable bonds is 24. The number of phenolic OH excluding ortho intramolecular Hbond substituents is 1. The number of hydrogen-bond donors (Lipinski definition) is 1. The molecular formula is C37H59N3O. The van der Waals surface area contributed by atoms with Gasteiger partial charge in [-0.05, 0) is 49.1 Å². The standard InChI is InChI=1S/C37H59N3O/c1-3-4-5-6-7-8-9-10-11-12-13-14-15-16-17-18-19-20-21-22-23-24-27-33-30-32(2)31-36(37(33)41)40-38-34-28-25-26-29-35(34)39-40/h25-26,28-31,41H,3-24,27H2,1-2H3. The maximum atomic E-state index is 11.0. The maximum absolute atomic E-state index is 11.0. The van der Waals surface area contributed by atoms with Crippen LogP contribution < -0.4 is 0 Å². The van der Waals surface area contributed by atoms with Crippen LogP contribution in [0.2, 0.25) is 0 Å². The van der Waals surface area contributed by atoms with Crippen molar-refractivity contribution in [1.82, 2.24) is 15.0 Å².